The molecule has 1 fully saturated rings. The number of carbonyl (C=O) groups is 2. The molecule has 5 rings (SSSR count). The summed E-state index contributed by atoms with van der Waals surface area (Å²) in [5.41, 5.74) is 1.66. The second kappa shape index (κ2) is 6.94. The van der Waals surface area contributed by atoms with Crippen molar-refractivity contribution in [2.75, 3.05) is 0 Å². The molecule has 0 unspecified atom stereocenters. The zero-order chi connectivity index (χ0) is 21.6. The van der Waals surface area contributed by atoms with Crippen molar-refractivity contribution in [3.63, 3.8) is 0 Å². The summed E-state index contributed by atoms with van der Waals surface area (Å²) < 4.78 is 0. The van der Waals surface area contributed by atoms with Crippen molar-refractivity contribution in [3.8, 4) is 11.8 Å². The molecule has 1 aliphatic heterocycles. The molecule has 1 saturated carbocycles. The molecule has 0 bridgehead atoms. The Hall–Kier alpha value is -3.68. The smallest absolute Gasteiger partial charge is 0.262 e. The number of fused-ring (bicyclic) bond motifs is 1. The van der Waals surface area contributed by atoms with Crippen LogP contribution in [0.2, 0.25) is 0 Å². The fraction of sp³-hybridized carbons (Fsp3) is 0.185. The number of hydrogen-bond donors (Lipinski definition) is 1. The molecule has 0 saturated heterocycles. The molecule has 31 heavy (non-hydrogen) atoms. The van der Waals surface area contributed by atoms with E-state index in [1.54, 1.807) is 31.2 Å². The summed E-state index contributed by atoms with van der Waals surface area (Å²) in [5, 5.41) is 10.6. The molecule has 0 atom stereocenters. The average Bonchev–Trinajstić information content (AvgIpc) is 3.02. The number of nitrogens with zero attached hydrogens (tertiary/aromatic N) is 1. The van der Waals surface area contributed by atoms with Gasteiger partial charge in [0, 0.05) is 24.0 Å². The second-order valence-electron chi connectivity index (χ2n) is 8.57. The molecule has 4 heteroatoms. The van der Waals surface area contributed by atoms with Gasteiger partial charge in [-0.2, -0.15) is 0 Å². The number of hydrogen-bond acceptors (Lipinski definition) is 3. The van der Waals surface area contributed by atoms with Crippen LogP contribution in [-0.4, -0.2) is 27.4 Å². The van der Waals surface area contributed by atoms with Gasteiger partial charge >= 0.3 is 0 Å². The van der Waals surface area contributed by atoms with Gasteiger partial charge in [-0.1, -0.05) is 54.3 Å². The summed E-state index contributed by atoms with van der Waals surface area (Å²) in [7, 11) is 0. The van der Waals surface area contributed by atoms with Crippen LogP contribution in [0.15, 0.2) is 78.9 Å². The highest BCUT2D eigenvalue weighted by Gasteiger charge is 2.60. The third-order valence-corrected chi connectivity index (χ3v) is 6.12. The van der Waals surface area contributed by atoms with Gasteiger partial charge < -0.3 is 5.11 Å². The zero-order valence-electron chi connectivity index (χ0n) is 17.1. The van der Waals surface area contributed by atoms with Crippen molar-refractivity contribution in [1.29, 1.82) is 0 Å². The van der Waals surface area contributed by atoms with Crippen molar-refractivity contribution in [2.45, 2.75) is 30.9 Å². The van der Waals surface area contributed by atoms with E-state index in [-0.39, 0.29) is 11.8 Å². The largest absolute Gasteiger partial charge is 0.390 e. The first-order valence-corrected chi connectivity index (χ1v) is 10.3. The molecule has 3 aromatic rings. The van der Waals surface area contributed by atoms with E-state index < -0.39 is 11.1 Å². The van der Waals surface area contributed by atoms with Crippen molar-refractivity contribution in [3.05, 3.63) is 107 Å². The minimum absolute atomic E-state index is 0.302. The lowest BCUT2D eigenvalue weighted by molar-refractivity contribution is -0.118. The minimum atomic E-state index is -0.929. The Balaban J connectivity index is 1.50. The normalized spacial score (nSPS) is 24.3. The topological polar surface area (TPSA) is 57.6 Å². The number of benzene rings is 3. The number of amides is 2. The fourth-order valence-corrected chi connectivity index (χ4v) is 4.81. The number of aliphatic hydroxyl groups is 1. The van der Waals surface area contributed by atoms with Gasteiger partial charge in [0.2, 0.25) is 0 Å². The Bertz CT molecular complexity index is 1200. The van der Waals surface area contributed by atoms with Crippen LogP contribution in [0, 0.1) is 11.8 Å². The first kappa shape index (κ1) is 19.3. The third kappa shape index (κ3) is 3.15. The van der Waals surface area contributed by atoms with Gasteiger partial charge in [-0.05, 0) is 48.9 Å². The Morgan fingerprint density at radius 3 is 1.74 bits per heavy atom. The summed E-state index contributed by atoms with van der Waals surface area (Å²) in [6, 6.07) is 24.3. The summed E-state index contributed by atoms with van der Waals surface area (Å²) in [4.78, 5) is 27.7. The van der Waals surface area contributed by atoms with E-state index in [9.17, 15) is 14.7 Å². The van der Waals surface area contributed by atoms with Gasteiger partial charge in [0.05, 0.1) is 22.3 Å². The third-order valence-electron chi connectivity index (χ3n) is 6.12. The molecule has 0 aromatic heterocycles. The van der Waals surface area contributed by atoms with Crippen LogP contribution in [0.4, 0.5) is 0 Å². The van der Waals surface area contributed by atoms with E-state index in [1.807, 2.05) is 54.6 Å². The lowest BCUT2D eigenvalue weighted by Crippen LogP contribution is -2.63. The van der Waals surface area contributed by atoms with Gasteiger partial charge in [-0.15, -0.1) is 0 Å². The predicted octanol–water partition coefficient (Wildman–Crippen LogP) is 4.12. The van der Waals surface area contributed by atoms with Crippen molar-refractivity contribution < 1.29 is 14.7 Å². The van der Waals surface area contributed by atoms with E-state index in [4.69, 9.17) is 0 Å². The SMILES string of the molecule is C[C@]1(O)C[C@@](c2ccc(C#Cc3ccccc3)cc2)(N2C(=O)c3ccccc3C2=O)C1. The minimum Gasteiger partial charge on any atom is -0.390 e. The molecule has 152 valence electrons. The van der Waals surface area contributed by atoms with Crippen LogP contribution in [0.5, 0.6) is 0 Å². The lowest BCUT2D eigenvalue weighted by Gasteiger charge is -2.55. The molecule has 0 radical (unpaired) electrons. The fourth-order valence-electron chi connectivity index (χ4n) is 4.81. The van der Waals surface area contributed by atoms with Crippen molar-refractivity contribution in [1.82, 2.24) is 4.90 Å². The first-order chi connectivity index (χ1) is 14.9. The Kier molecular flexibility index (Phi) is 4.32. The van der Waals surface area contributed by atoms with E-state index >= 15 is 0 Å². The monoisotopic (exact) mass is 407 g/mol. The number of imide groups is 1. The molecule has 1 aliphatic carbocycles. The predicted molar refractivity (Wildman–Crippen MR) is 117 cm³/mol. The van der Waals surface area contributed by atoms with Crippen LogP contribution >= 0.6 is 0 Å². The molecular formula is C27H21NO3. The quantitative estimate of drug-likeness (QED) is 0.514. The van der Waals surface area contributed by atoms with Crippen LogP contribution in [0.1, 0.15) is 57.2 Å². The summed E-state index contributed by atoms with van der Waals surface area (Å²) in [6.45, 7) is 1.74. The molecule has 2 aliphatic rings. The number of carbonyl (C=O) groups excluding carboxylic acids is 2. The van der Waals surface area contributed by atoms with E-state index in [0.717, 1.165) is 16.7 Å². The van der Waals surface area contributed by atoms with Crippen LogP contribution in [0.25, 0.3) is 0 Å². The summed E-state index contributed by atoms with van der Waals surface area (Å²) in [5.74, 6) is 5.68. The van der Waals surface area contributed by atoms with Crippen LogP contribution < -0.4 is 0 Å². The van der Waals surface area contributed by atoms with Crippen LogP contribution in [0.3, 0.4) is 0 Å². The van der Waals surface area contributed by atoms with Gasteiger partial charge in [0.25, 0.3) is 11.8 Å². The van der Waals surface area contributed by atoms with E-state index in [2.05, 4.69) is 11.8 Å². The van der Waals surface area contributed by atoms with E-state index in [0.29, 0.717) is 24.0 Å². The molecule has 1 heterocycles. The Morgan fingerprint density at radius 1 is 0.742 bits per heavy atom. The highest BCUT2D eigenvalue weighted by Crippen LogP contribution is 2.54. The molecule has 4 nitrogen and oxygen atoms in total. The summed E-state index contributed by atoms with van der Waals surface area (Å²) >= 11 is 0. The Labute approximate surface area is 181 Å². The second-order valence-corrected chi connectivity index (χ2v) is 8.57. The Morgan fingerprint density at radius 2 is 1.23 bits per heavy atom. The molecule has 0 spiro atoms. The molecular weight excluding hydrogens is 386 g/mol. The van der Waals surface area contributed by atoms with Crippen molar-refractivity contribution >= 4 is 11.8 Å². The highest BCUT2D eigenvalue weighted by molar-refractivity contribution is 6.22. The van der Waals surface area contributed by atoms with Gasteiger partial charge in [-0.25, -0.2) is 0 Å². The van der Waals surface area contributed by atoms with Crippen LogP contribution in [-0.2, 0) is 5.54 Å². The standard InChI is InChI=1S/C27H21NO3/c1-26(31)17-27(18-26,28-24(29)22-9-5-6-10-23(22)25(28)30)21-15-13-20(14-16-21)12-11-19-7-3-2-4-8-19/h2-10,13-16,31H,17-18H2,1H3/t26-,27+. The molecule has 1 N–H and O–H groups in total. The maximum absolute atomic E-state index is 13.2. The van der Waals surface area contributed by atoms with Crippen molar-refractivity contribution in [2.24, 2.45) is 0 Å². The molecule has 2 amide bonds. The maximum Gasteiger partial charge on any atom is 0.262 e. The summed E-state index contributed by atoms with van der Waals surface area (Å²) in [6.07, 6.45) is 0.612. The lowest BCUT2D eigenvalue weighted by atomic mass is 9.61. The average molecular weight is 407 g/mol. The van der Waals surface area contributed by atoms with Gasteiger partial charge in [0.1, 0.15) is 0 Å². The maximum atomic E-state index is 13.2. The molecule has 3 aromatic carbocycles. The highest BCUT2D eigenvalue weighted by atomic mass is 16.3. The number of rotatable bonds is 2. The first-order valence-electron chi connectivity index (χ1n) is 10.3. The zero-order valence-corrected chi connectivity index (χ0v) is 17.1. The van der Waals surface area contributed by atoms with Gasteiger partial charge in [0.15, 0.2) is 0 Å². The van der Waals surface area contributed by atoms with Gasteiger partial charge in [-0.3, -0.25) is 14.5 Å². The van der Waals surface area contributed by atoms with E-state index in [1.165, 1.54) is 4.90 Å².